The van der Waals surface area contributed by atoms with Crippen LogP contribution in [0, 0.1) is 0 Å². The molecule has 1 aliphatic rings. The Balaban J connectivity index is 2.51. The molecule has 1 unspecified atom stereocenters. The number of rotatable bonds is 1. The summed E-state index contributed by atoms with van der Waals surface area (Å²) in [6.45, 7) is 5.34. The third-order valence-electron chi connectivity index (χ3n) is 2.95. The monoisotopic (exact) mass is 179 g/mol. The Morgan fingerprint density at radius 3 is 3.08 bits per heavy atom. The van der Waals surface area contributed by atoms with E-state index in [1.807, 2.05) is 0 Å². The molecule has 1 atom stereocenters. The fourth-order valence-corrected chi connectivity index (χ4v) is 2.31. The highest BCUT2D eigenvalue weighted by molar-refractivity contribution is 5.33. The van der Waals surface area contributed by atoms with Gasteiger partial charge in [0, 0.05) is 12.2 Å². The number of anilines is 1. The number of aromatic nitrogens is 2. The molecule has 3 heteroatoms. The molecule has 1 heterocycles. The largest absolute Gasteiger partial charge is 0.369 e. The summed E-state index contributed by atoms with van der Waals surface area (Å²) in [6, 6.07) is 0. The van der Waals surface area contributed by atoms with Crippen molar-refractivity contribution in [2.24, 2.45) is 0 Å². The Morgan fingerprint density at radius 1 is 1.62 bits per heavy atom. The minimum atomic E-state index is 0.633. The van der Waals surface area contributed by atoms with Gasteiger partial charge < -0.3 is 10.3 Å². The molecular weight excluding hydrogens is 162 g/mol. The Hall–Kier alpha value is -0.990. The van der Waals surface area contributed by atoms with Crippen LogP contribution in [0.5, 0.6) is 0 Å². The molecule has 2 N–H and O–H groups in total. The average Bonchev–Trinajstić information content (AvgIpc) is 2.42. The lowest BCUT2D eigenvalue weighted by Gasteiger charge is -2.20. The van der Waals surface area contributed by atoms with Crippen molar-refractivity contribution in [3.63, 3.8) is 0 Å². The summed E-state index contributed by atoms with van der Waals surface area (Å²) in [5.74, 6) is 1.33. The summed E-state index contributed by atoms with van der Waals surface area (Å²) >= 11 is 0. The summed E-state index contributed by atoms with van der Waals surface area (Å²) in [5, 5.41) is 0. The second-order valence-corrected chi connectivity index (χ2v) is 3.84. The van der Waals surface area contributed by atoms with Gasteiger partial charge in [-0.15, -0.1) is 0 Å². The van der Waals surface area contributed by atoms with E-state index in [4.69, 9.17) is 5.73 Å². The van der Waals surface area contributed by atoms with Crippen molar-refractivity contribution in [3.05, 3.63) is 11.4 Å². The number of nitrogen functional groups attached to an aromatic ring is 1. The Morgan fingerprint density at radius 2 is 2.38 bits per heavy atom. The first kappa shape index (κ1) is 8.60. The molecule has 0 amide bonds. The van der Waals surface area contributed by atoms with Crippen LogP contribution < -0.4 is 5.73 Å². The molecule has 0 saturated heterocycles. The predicted octanol–water partition coefficient (Wildman–Crippen LogP) is 1.93. The lowest BCUT2D eigenvalue weighted by atomic mass is 9.91. The first-order chi connectivity index (χ1) is 6.24. The first-order valence-corrected chi connectivity index (χ1v) is 5.08. The molecule has 1 aliphatic carbocycles. The summed E-state index contributed by atoms with van der Waals surface area (Å²) in [4.78, 5) is 4.41. The van der Waals surface area contributed by atoms with Crippen molar-refractivity contribution in [1.82, 2.24) is 9.55 Å². The maximum absolute atomic E-state index is 5.85. The lowest BCUT2D eigenvalue weighted by Crippen LogP contribution is -2.12. The van der Waals surface area contributed by atoms with E-state index in [0.29, 0.717) is 11.9 Å². The minimum absolute atomic E-state index is 0.633. The van der Waals surface area contributed by atoms with Gasteiger partial charge in [-0.3, -0.25) is 0 Å². The predicted molar refractivity (Wildman–Crippen MR) is 53.7 cm³/mol. The standard InChI is InChI=1S/C10H17N3/c1-3-13-9-7(2)5-4-6-8(9)12-10(13)11/h7H,3-6H2,1-2H3,(H2,11,12). The molecule has 0 bridgehead atoms. The number of hydrogen-bond donors (Lipinski definition) is 1. The molecule has 0 fully saturated rings. The van der Waals surface area contributed by atoms with Gasteiger partial charge in [-0.2, -0.15) is 0 Å². The second-order valence-electron chi connectivity index (χ2n) is 3.84. The average molecular weight is 179 g/mol. The van der Waals surface area contributed by atoms with E-state index >= 15 is 0 Å². The molecule has 0 aliphatic heterocycles. The number of hydrogen-bond acceptors (Lipinski definition) is 2. The van der Waals surface area contributed by atoms with Crippen molar-refractivity contribution in [2.45, 2.75) is 45.6 Å². The number of imidazole rings is 1. The van der Waals surface area contributed by atoms with Crippen LogP contribution in [0.1, 0.15) is 44.0 Å². The zero-order chi connectivity index (χ0) is 9.42. The van der Waals surface area contributed by atoms with Crippen LogP contribution in [0.25, 0.3) is 0 Å². The van der Waals surface area contributed by atoms with Crippen LogP contribution in [-0.4, -0.2) is 9.55 Å². The molecule has 0 saturated carbocycles. The van der Waals surface area contributed by atoms with Gasteiger partial charge in [0.15, 0.2) is 0 Å². The smallest absolute Gasteiger partial charge is 0.200 e. The SMILES string of the molecule is CCn1c(N)nc2c1C(C)CCC2. The summed E-state index contributed by atoms with van der Waals surface area (Å²) in [7, 11) is 0. The van der Waals surface area contributed by atoms with Gasteiger partial charge in [-0.1, -0.05) is 6.92 Å². The molecule has 2 rings (SSSR count). The van der Waals surface area contributed by atoms with E-state index in [9.17, 15) is 0 Å². The van der Waals surface area contributed by atoms with E-state index in [0.717, 1.165) is 13.0 Å². The number of nitrogens with zero attached hydrogens (tertiary/aromatic N) is 2. The number of fused-ring (bicyclic) bond motifs is 1. The summed E-state index contributed by atoms with van der Waals surface area (Å²) < 4.78 is 2.15. The third kappa shape index (κ3) is 1.23. The van der Waals surface area contributed by atoms with Crippen LogP contribution >= 0.6 is 0 Å². The van der Waals surface area contributed by atoms with Gasteiger partial charge in [0.05, 0.1) is 5.69 Å². The summed E-state index contributed by atoms with van der Waals surface area (Å²) in [5.41, 5.74) is 8.46. The highest BCUT2D eigenvalue weighted by Gasteiger charge is 2.23. The summed E-state index contributed by atoms with van der Waals surface area (Å²) in [6.07, 6.45) is 3.64. The van der Waals surface area contributed by atoms with E-state index in [1.54, 1.807) is 0 Å². The number of nitrogens with two attached hydrogens (primary N) is 1. The topological polar surface area (TPSA) is 43.8 Å². The van der Waals surface area contributed by atoms with Gasteiger partial charge in [-0.25, -0.2) is 4.98 Å². The van der Waals surface area contributed by atoms with E-state index in [1.165, 1.54) is 24.2 Å². The van der Waals surface area contributed by atoms with Crippen LogP contribution in [-0.2, 0) is 13.0 Å². The molecule has 0 aromatic carbocycles. The molecule has 3 nitrogen and oxygen atoms in total. The normalized spacial score (nSPS) is 21.5. The third-order valence-corrected chi connectivity index (χ3v) is 2.95. The van der Waals surface area contributed by atoms with Crippen molar-refractivity contribution in [3.8, 4) is 0 Å². The van der Waals surface area contributed by atoms with Crippen LogP contribution in [0.2, 0.25) is 0 Å². The van der Waals surface area contributed by atoms with Crippen LogP contribution in [0.15, 0.2) is 0 Å². The minimum Gasteiger partial charge on any atom is -0.369 e. The van der Waals surface area contributed by atoms with Crippen LogP contribution in [0.3, 0.4) is 0 Å². The Labute approximate surface area is 79.0 Å². The zero-order valence-corrected chi connectivity index (χ0v) is 8.38. The van der Waals surface area contributed by atoms with Crippen molar-refractivity contribution >= 4 is 5.95 Å². The van der Waals surface area contributed by atoms with Gasteiger partial charge in [0.1, 0.15) is 0 Å². The molecule has 1 aromatic heterocycles. The quantitative estimate of drug-likeness (QED) is 0.715. The zero-order valence-electron chi connectivity index (χ0n) is 8.38. The fraction of sp³-hybridized carbons (Fsp3) is 0.700. The van der Waals surface area contributed by atoms with E-state index in [2.05, 4.69) is 23.4 Å². The van der Waals surface area contributed by atoms with Gasteiger partial charge in [-0.05, 0) is 32.1 Å². The number of aryl methyl sites for hydroxylation is 1. The molecule has 0 radical (unpaired) electrons. The molecule has 0 spiro atoms. The highest BCUT2D eigenvalue weighted by Crippen LogP contribution is 2.32. The lowest BCUT2D eigenvalue weighted by molar-refractivity contribution is 0.542. The maximum atomic E-state index is 5.85. The van der Waals surface area contributed by atoms with Crippen molar-refractivity contribution in [2.75, 3.05) is 5.73 Å². The maximum Gasteiger partial charge on any atom is 0.200 e. The molecule has 13 heavy (non-hydrogen) atoms. The van der Waals surface area contributed by atoms with Crippen molar-refractivity contribution in [1.29, 1.82) is 0 Å². The van der Waals surface area contributed by atoms with Gasteiger partial charge >= 0.3 is 0 Å². The first-order valence-electron chi connectivity index (χ1n) is 5.08. The molecule has 72 valence electrons. The molecular formula is C10H17N3. The van der Waals surface area contributed by atoms with Gasteiger partial charge in [0.2, 0.25) is 5.95 Å². The Kier molecular flexibility index (Phi) is 2.02. The highest BCUT2D eigenvalue weighted by atomic mass is 15.2. The molecule has 1 aromatic rings. The Bertz CT molecular complexity index is 314. The van der Waals surface area contributed by atoms with Gasteiger partial charge in [0.25, 0.3) is 0 Å². The van der Waals surface area contributed by atoms with Crippen LogP contribution in [0.4, 0.5) is 5.95 Å². The van der Waals surface area contributed by atoms with E-state index in [-0.39, 0.29) is 0 Å². The second kappa shape index (κ2) is 3.05. The van der Waals surface area contributed by atoms with Crippen molar-refractivity contribution < 1.29 is 0 Å². The van der Waals surface area contributed by atoms with E-state index < -0.39 is 0 Å². The fourth-order valence-electron chi connectivity index (χ4n) is 2.31.